The SMILES string of the molecule is CNC[C@H]1CCCN1C(=O)C[C@@H](C)c1ccccc1C(F)(F)F. The number of nitrogens with zero attached hydrogens (tertiary/aromatic N) is 1. The van der Waals surface area contributed by atoms with Crippen LogP contribution in [-0.4, -0.2) is 37.0 Å². The van der Waals surface area contributed by atoms with E-state index in [0.29, 0.717) is 6.54 Å². The van der Waals surface area contributed by atoms with Gasteiger partial charge in [0.15, 0.2) is 0 Å². The maximum absolute atomic E-state index is 13.1. The van der Waals surface area contributed by atoms with Gasteiger partial charge in [-0.2, -0.15) is 13.2 Å². The molecule has 0 saturated carbocycles. The first-order valence-corrected chi connectivity index (χ1v) is 7.94. The van der Waals surface area contributed by atoms with Gasteiger partial charge >= 0.3 is 6.18 Å². The Morgan fingerprint density at radius 1 is 1.39 bits per heavy atom. The predicted molar refractivity (Wildman–Crippen MR) is 83.1 cm³/mol. The number of hydrogen-bond donors (Lipinski definition) is 1. The average molecular weight is 328 g/mol. The molecule has 0 unspecified atom stereocenters. The van der Waals surface area contributed by atoms with Gasteiger partial charge in [-0.1, -0.05) is 25.1 Å². The van der Waals surface area contributed by atoms with Crippen LogP contribution in [0.5, 0.6) is 0 Å². The number of benzene rings is 1. The zero-order chi connectivity index (χ0) is 17.0. The molecule has 128 valence electrons. The van der Waals surface area contributed by atoms with Gasteiger partial charge in [0.05, 0.1) is 5.56 Å². The molecule has 1 fully saturated rings. The van der Waals surface area contributed by atoms with Crippen molar-refractivity contribution in [1.82, 2.24) is 10.2 Å². The van der Waals surface area contributed by atoms with E-state index in [9.17, 15) is 18.0 Å². The summed E-state index contributed by atoms with van der Waals surface area (Å²) < 4.78 is 39.3. The Balaban J connectivity index is 2.10. The molecule has 6 heteroatoms. The first-order chi connectivity index (χ1) is 10.8. The van der Waals surface area contributed by atoms with Crippen LogP contribution in [0.2, 0.25) is 0 Å². The molecule has 1 heterocycles. The highest BCUT2D eigenvalue weighted by molar-refractivity contribution is 5.77. The van der Waals surface area contributed by atoms with E-state index < -0.39 is 17.7 Å². The molecule has 1 aromatic rings. The number of hydrogen-bond acceptors (Lipinski definition) is 2. The summed E-state index contributed by atoms with van der Waals surface area (Å²) in [5.41, 5.74) is -0.453. The predicted octanol–water partition coefficient (Wildman–Crippen LogP) is 3.41. The van der Waals surface area contributed by atoms with Crippen molar-refractivity contribution in [3.8, 4) is 0 Å². The molecule has 1 saturated heterocycles. The number of carbonyl (C=O) groups is 1. The number of amides is 1. The lowest BCUT2D eigenvalue weighted by Gasteiger charge is -2.26. The lowest BCUT2D eigenvalue weighted by Crippen LogP contribution is -2.41. The molecule has 23 heavy (non-hydrogen) atoms. The Kier molecular flexibility index (Phi) is 5.68. The number of halogens is 3. The highest BCUT2D eigenvalue weighted by Gasteiger charge is 2.35. The van der Waals surface area contributed by atoms with Gasteiger partial charge < -0.3 is 10.2 Å². The molecule has 1 aliphatic heterocycles. The van der Waals surface area contributed by atoms with Gasteiger partial charge in [-0.25, -0.2) is 0 Å². The van der Waals surface area contributed by atoms with E-state index in [0.717, 1.165) is 25.5 Å². The molecule has 2 atom stereocenters. The van der Waals surface area contributed by atoms with Crippen molar-refractivity contribution in [3.05, 3.63) is 35.4 Å². The van der Waals surface area contributed by atoms with Crippen LogP contribution in [0.3, 0.4) is 0 Å². The molecule has 0 aliphatic carbocycles. The first kappa shape index (κ1) is 17.8. The molecule has 1 aliphatic rings. The highest BCUT2D eigenvalue weighted by atomic mass is 19.4. The maximum Gasteiger partial charge on any atom is 0.416 e. The minimum atomic E-state index is -4.39. The van der Waals surface area contributed by atoms with E-state index in [4.69, 9.17) is 0 Å². The zero-order valence-electron chi connectivity index (χ0n) is 13.5. The number of likely N-dealkylation sites (tertiary alicyclic amines) is 1. The summed E-state index contributed by atoms with van der Waals surface area (Å²) in [4.78, 5) is 14.3. The molecule has 2 rings (SSSR count). The summed E-state index contributed by atoms with van der Waals surface area (Å²) in [5.74, 6) is -0.525. The Labute approximate surface area is 134 Å². The third-order valence-electron chi connectivity index (χ3n) is 4.42. The Morgan fingerprint density at radius 2 is 2.09 bits per heavy atom. The second-order valence-corrected chi connectivity index (χ2v) is 6.13. The summed E-state index contributed by atoms with van der Waals surface area (Å²) in [6, 6.07) is 5.67. The van der Waals surface area contributed by atoms with Gasteiger partial charge in [0, 0.05) is 25.6 Å². The second-order valence-electron chi connectivity index (χ2n) is 6.13. The molecule has 0 spiro atoms. The van der Waals surface area contributed by atoms with Crippen LogP contribution in [0.15, 0.2) is 24.3 Å². The fourth-order valence-corrected chi connectivity index (χ4v) is 3.29. The van der Waals surface area contributed by atoms with Gasteiger partial charge in [-0.3, -0.25) is 4.79 Å². The molecule has 0 bridgehead atoms. The fraction of sp³-hybridized carbons (Fsp3) is 0.588. The largest absolute Gasteiger partial charge is 0.416 e. The summed E-state index contributed by atoms with van der Waals surface area (Å²) >= 11 is 0. The highest BCUT2D eigenvalue weighted by Crippen LogP contribution is 2.36. The minimum Gasteiger partial charge on any atom is -0.338 e. The van der Waals surface area contributed by atoms with Gasteiger partial charge in [-0.15, -0.1) is 0 Å². The van der Waals surface area contributed by atoms with Crippen molar-refractivity contribution in [2.45, 2.75) is 44.3 Å². The van der Waals surface area contributed by atoms with Crippen LogP contribution < -0.4 is 5.32 Å². The van der Waals surface area contributed by atoms with Crippen LogP contribution in [0, 0.1) is 0 Å². The third-order valence-corrected chi connectivity index (χ3v) is 4.42. The van der Waals surface area contributed by atoms with Crippen LogP contribution in [-0.2, 0) is 11.0 Å². The van der Waals surface area contributed by atoms with Crippen LogP contribution in [0.4, 0.5) is 13.2 Å². The van der Waals surface area contributed by atoms with Crippen molar-refractivity contribution in [3.63, 3.8) is 0 Å². The molecule has 0 radical (unpaired) electrons. The van der Waals surface area contributed by atoms with Gasteiger partial charge in [0.1, 0.15) is 0 Å². The topological polar surface area (TPSA) is 32.3 Å². The molecule has 3 nitrogen and oxygen atoms in total. The smallest absolute Gasteiger partial charge is 0.338 e. The first-order valence-electron chi connectivity index (χ1n) is 7.94. The average Bonchev–Trinajstić information content (AvgIpc) is 2.95. The van der Waals surface area contributed by atoms with Crippen LogP contribution in [0.25, 0.3) is 0 Å². The lowest BCUT2D eigenvalue weighted by molar-refractivity contribution is -0.139. The van der Waals surface area contributed by atoms with E-state index in [2.05, 4.69) is 5.32 Å². The lowest BCUT2D eigenvalue weighted by atomic mass is 9.92. The minimum absolute atomic E-state index is 0.0628. The van der Waals surface area contributed by atoms with E-state index in [-0.39, 0.29) is 23.9 Å². The molecule has 1 N–H and O–H groups in total. The molecule has 1 amide bonds. The van der Waals surface area contributed by atoms with Crippen molar-refractivity contribution >= 4 is 5.91 Å². The standard InChI is InChI=1S/C17H23F3N2O/c1-12(14-7-3-4-8-15(14)17(18,19)20)10-16(23)22-9-5-6-13(22)11-21-2/h3-4,7-8,12-13,21H,5-6,9-11H2,1-2H3/t12-,13-/m1/s1. The zero-order valence-corrected chi connectivity index (χ0v) is 13.5. The van der Waals surface area contributed by atoms with Crippen molar-refractivity contribution in [2.75, 3.05) is 20.1 Å². The van der Waals surface area contributed by atoms with E-state index >= 15 is 0 Å². The van der Waals surface area contributed by atoms with Gasteiger partial charge in [-0.05, 0) is 37.4 Å². The van der Waals surface area contributed by atoms with Gasteiger partial charge in [0.25, 0.3) is 0 Å². The van der Waals surface area contributed by atoms with E-state index in [1.54, 1.807) is 13.0 Å². The second kappa shape index (κ2) is 7.34. The summed E-state index contributed by atoms with van der Waals surface area (Å²) in [6.07, 6.45) is -2.39. The fourth-order valence-electron chi connectivity index (χ4n) is 3.29. The van der Waals surface area contributed by atoms with Crippen molar-refractivity contribution in [1.29, 1.82) is 0 Å². The Hall–Kier alpha value is -1.56. The Bertz CT molecular complexity index is 545. The van der Waals surface area contributed by atoms with Crippen molar-refractivity contribution in [2.24, 2.45) is 0 Å². The molecule has 1 aromatic carbocycles. The number of rotatable bonds is 5. The number of likely N-dealkylation sites (N-methyl/N-ethyl adjacent to an activating group) is 1. The van der Waals surface area contributed by atoms with E-state index in [1.165, 1.54) is 12.1 Å². The third kappa shape index (κ3) is 4.25. The van der Waals surface area contributed by atoms with Crippen LogP contribution >= 0.6 is 0 Å². The normalized spacial score (nSPS) is 19.9. The maximum atomic E-state index is 13.1. The van der Waals surface area contributed by atoms with Crippen molar-refractivity contribution < 1.29 is 18.0 Å². The summed E-state index contributed by atoms with van der Waals surface area (Å²) in [5, 5.41) is 3.07. The summed E-state index contributed by atoms with van der Waals surface area (Å²) in [7, 11) is 1.84. The number of alkyl halides is 3. The van der Waals surface area contributed by atoms with E-state index in [1.807, 2.05) is 11.9 Å². The summed E-state index contributed by atoms with van der Waals surface area (Å²) in [6.45, 7) is 3.10. The monoisotopic (exact) mass is 328 g/mol. The van der Waals surface area contributed by atoms with Gasteiger partial charge in [0.2, 0.25) is 5.91 Å². The quantitative estimate of drug-likeness (QED) is 0.898. The molecular weight excluding hydrogens is 305 g/mol. The number of nitrogens with one attached hydrogen (secondary N) is 1. The Morgan fingerprint density at radius 3 is 2.74 bits per heavy atom. The molecular formula is C17H23F3N2O. The number of carbonyl (C=O) groups excluding carboxylic acids is 1. The van der Waals surface area contributed by atoms with Crippen LogP contribution in [0.1, 0.15) is 43.2 Å². The molecule has 0 aromatic heterocycles.